The van der Waals surface area contributed by atoms with E-state index in [2.05, 4.69) is 7.05 Å². The van der Waals surface area contributed by atoms with Gasteiger partial charge in [0.05, 0.1) is 76.3 Å². The number of benzene rings is 1. The lowest BCUT2D eigenvalue weighted by Gasteiger charge is -2.32. The Morgan fingerprint density at radius 2 is 1.54 bits per heavy atom. The maximum Gasteiger partial charge on any atom is 0.293 e. The van der Waals surface area contributed by atoms with Crippen molar-refractivity contribution in [3.05, 3.63) is 28.3 Å². The van der Waals surface area contributed by atoms with Crippen LogP contribution in [0, 0.1) is 10.1 Å². The van der Waals surface area contributed by atoms with Crippen LogP contribution < -0.4 is 14.7 Å². The monoisotopic (exact) mass is 385 g/mol. The van der Waals surface area contributed by atoms with Crippen LogP contribution in [-0.2, 0) is 10.0 Å². The van der Waals surface area contributed by atoms with Gasteiger partial charge in [-0.2, -0.15) is 4.31 Å². The van der Waals surface area contributed by atoms with Gasteiger partial charge in [0.2, 0.25) is 10.0 Å². The molecule has 1 aromatic rings. The van der Waals surface area contributed by atoms with Crippen LogP contribution in [0.15, 0.2) is 23.1 Å². The molecule has 9 nitrogen and oxygen atoms in total. The molecular formula is C16H27N5O4S+2. The third-order valence-corrected chi connectivity index (χ3v) is 7.21. The number of quaternary nitrogens is 2. The van der Waals surface area contributed by atoms with Crippen LogP contribution in [0.25, 0.3) is 0 Å². The second kappa shape index (κ2) is 7.47. The summed E-state index contributed by atoms with van der Waals surface area (Å²) in [5.74, 6) is 0. The van der Waals surface area contributed by atoms with Crippen molar-refractivity contribution in [1.29, 1.82) is 0 Å². The van der Waals surface area contributed by atoms with E-state index in [9.17, 15) is 18.5 Å². The second-order valence-corrected chi connectivity index (χ2v) is 9.15. The SMILES string of the molecule is C[NH+]1CCN(c2ccc(S(=O)(=O)N3CC[NH+](C)CC3)cc2[N+](=O)[O-])CC1. The van der Waals surface area contributed by atoms with E-state index in [-0.39, 0.29) is 10.6 Å². The zero-order valence-electron chi connectivity index (χ0n) is 15.3. The molecule has 144 valence electrons. The van der Waals surface area contributed by atoms with E-state index in [1.807, 2.05) is 11.9 Å². The maximum atomic E-state index is 12.9. The van der Waals surface area contributed by atoms with Gasteiger partial charge in [-0.1, -0.05) is 0 Å². The number of nitrogens with one attached hydrogen (secondary N) is 2. The minimum atomic E-state index is -3.70. The number of rotatable bonds is 4. The van der Waals surface area contributed by atoms with Crippen molar-refractivity contribution < 1.29 is 23.1 Å². The van der Waals surface area contributed by atoms with Gasteiger partial charge < -0.3 is 14.7 Å². The van der Waals surface area contributed by atoms with Crippen molar-refractivity contribution in [2.45, 2.75) is 4.90 Å². The number of likely N-dealkylation sites (N-methyl/N-ethyl adjacent to an activating group) is 2. The molecule has 2 aliphatic rings. The minimum Gasteiger partial charge on any atom is -0.355 e. The van der Waals surface area contributed by atoms with Crippen LogP contribution in [0.5, 0.6) is 0 Å². The molecule has 0 aliphatic carbocycles. The Balaban J connectivity index is 1.90. The van der Waals surface area contributed by atoms with Gasteiger partial charge in [0.25, 0.3) is 5.69 Å². The van der Waals surface area contributed by atoms with Gasteiger partial charge in [-0.3, -0.25) is 10.1 Å². The fourth-order valence-electron chi connectivity index (χ4n) is 3.46. The summed E-state index contributed by atoms with van der Waals surface area (Å²) in [7, 11) is 0.421. The zero-order valence-corrected chi connectivity index (χ0v) is 16.1. The molecule has 0 aromatic heterocycles. The molecule has 2 aliphatic heterocycles. The fourth-order valence-corrected chi connectivity index (χ4v) is 4.93. The lowest BCUT2D eigenvalue weighted by molar-refractivity contribution is -0.883. The average Bonchev–Trinajstić information content (AvgIpc) is 2.62. The zero-order chi connectivity index (χ0) is 18.9. The number of hydrogen-bond donors (Lipinski definition) is 2. The summed E-state index contributed by atoms with van der Waals surface area (Å²) in [6, 6.07) is 4.32. The number of anilines is 1. The van der Waals surface area contributed by atoms with Crippen molar-refractivity contribution in [2.24, 2.45) is 0 Å². The Bertz CT molecular complexity index is 769. The second-order valence-electron chi connectivity index (χ2n) is 7.21. The molecule has 2 saturated heterocycles. The first-order chi connectivity index (χ1) is 12.3. The van der Waals surface area contributed by atoms with Gasteiger partial charge in [0.1, 0.15) is 5.69 Å². The predicted molar refractivity (Wildman–Crippen MR) is 97.3 cm³/mol. The number of nitro benzene ring substituents is 1. The van der Waals surface area contributed by atoms with E-state index in [1.165, 1.54) is 26.2 Å². The number of piperazine rings is 2. The van der Waals surface area contributed by atoms with Crippen LogP contribution in [0.2, 0.25) is 0 Å². The molecule has 0 atom stereocenters. The highest BCUT2D eigenvalue weighted by atomic mass is 32.2. The molecule has 2 fully saturated rings. The van der Waals surface area contributed by atoms with Gasteiger partial charge >= 0.3 is 0 Å². The highest BCUT2D eigenvalue weighted by molar-refractivity contribution is 7.89. The largest absolute Gasteiger partial charge is 0.355 e. The summed E-state index contributed by atoms with van der Waals surface area (Å²) in [5.41, 5.74) is 0.370. The minimum absolute atomic E-state index is 0.00672. The van der Waals surface area contributed by atoms with Gasteiger partial charge in [0, 0.05) is 6.07 Å². The Hall–Kier alpha value is -1.75. The number of nitro groups is 1. The molecule has 0 spiro atoms. The molecule has 0 amide bonds. The van der Waals surface area contributed by atoms with E-state index in [4.69, 9.17) is 0 Å². The highest BCUT2D eigenvalue weighted by Gasteiger charge is 2.32. The van der Waals surface area contributed by atoms with Crippen LogP contribution in [0.3, 0.4) is 0 Å². The topological polar surface area (TPSA) is 92.6 Å². The first-order valence-corrected chi connectivity index (χ1v) is 10.4. The standard InChI is InChI=1S/C16H25N5O4S/c1-17-5-9-19(10-6-17)15-4-3-14(13-16(15)21(22)23)26(24,25)20-11-7-18(2)8-12-20/h3-4,13H,5-12H2,1-2H3/p+2. The average molecular weight is 385 g/mol. The molecule has 0 saturated carbocycles. The molecule has 0 radical (unpaired) electrons. The Morgan fingerprint density at radius 3 is 2.08 bits per heavy atom. The smallest absolute Gasteiger partial charge is 0.293 e. The first kappa shape index (κ1) is 19.0. The summed E-state index contributed by atoms with van der Waals surface area (Å²) in [6.07, 6.45) is 0. The third-order valence-electron chi connectivity index (χ3n) is 5.31. The molecule has 0 unspecified atom stereocenters. The van der Waals surface area contributed by atoms with E-state index in [1.54, 1.807) is 6.07 Å². The summed E-state index contributed by atoms with van der Waals surface area (Å²) in [5, 5.41) is 11.6. The van der Waals surface area contributed by atoms with Crippen LogP contribution >= 0.6 is 0 Å². The third kappa shape index (κ3) is 3.83. The Kier molecular flexibility index (Phi) is 5.47. The van der Waals surface area contributed by atoms with Crippen LogP contribution in [-0.4, -0.2) is 84.1 Å². The fraction of sp³-hybridized carbons (Fsp3) is 0.625. The summed E-state index contributed by atoms with van der Waals surface area (Å²) in [4.78, 5) is 15.8. The molecule has 26 heavy (non-hydrogen) atoms. The van der Waals surface area contributed by atoms with Gasteiger partial charge in [0.15, 0.2) is 0 Å². The summed E-state index contributed by atoms with van der Waals surface area (Å²) >= 11 is 0. The van der Waals surface area contributed by atoms with Crippen molar-refractivity contribution >= 4 is 21.4 Å². The molecule has 2 N–H and O–H groups in total. The quantitative estimate of drug-likeness (QED) is 0.440. The Morgan fingerprint density at radius 1 is 1.00 bits per heavy atom. The predicted octanol–water partition coefficient (Wildman–Crippen LogP) is -2.55. The lowest BCUT2D eigenvalue weighted by atomic mass is 10.2. The number of nitrogens with zero attached hydrogens (tertiary/aromatic N) is 3. The van der Waals surface area contributed by atoms with E-state index in [0.717, 1.165) is 39.3 Å². The summed E-state index contributed by atoms with van der Waals surface area (Å²) < 4.78 is 27.2. The molecule has 2 heterocycles. The molecule has 3 rings (SSSR count). The number of sulfonamides is 1. The van der Waals surface area contributed by atoms with Crippen molar-refractivity contribution in [3.63, 3.8) is 0 Å². The van der Waals surface area contributed by atoms with Gasteiger partial charge in [-0.25, -0.2) is 8.42 Å². The van der Waals surface area contributed by atoms with Crippen LogP contribution in [0.4, 0.5) is 11.4 Å². The van der Waals surface area contributed by atoms with Gasteiger partial charge in [-0.15, -0.1) is 0 Å². The molecule has 0 bridgehead atoms. The van der Waals surface area contributed by atoms with Crippen molar-refractivity contribution in [1.82, 2.24) is 4.31 Å². The van der Waals surface area contributed by atoms with E-state index >= 15 is 0 Å². The number of hydrogen-bond acceptors (Lipinski definition) is 5. The van der Waals surface area contributed by atoms with Crippen molar-refractivity contribution in [3.8, 4) is 0 Å². The Labute approximate surface area is 154 Å². The first-order valence-electron chi connectivity index (χ1n) is 8.95. The highest BCUT2D eigenvalue weighted by Crippen LogP contribution is 2.31. The van der Waals surface area contributed by atoms with E-state index in [0.29, 0.717) is 18.8 Å². The maximum absolute atomic E-state index is 12.9. The van der Waals surface area contributed by atoms with E-state index < -0.39 is 14.9 Å². The lowest BCUT2D eigenvalue weighted by Crippen LogP contribution is -3.12. The van der Waals surface area contributed by atoms with Gasteiger partial charge in [-0.05, 0) is 12.1 Å². The normalized spacial score (nSPS) is 21.1. The summed E-state index contributed by atoms with van der Waals surface area (Å²) in [6.45, 7) is 5.60. The molecular weight excluding hydrogens is 358 g/mol. The molecule has 10 heteroatoms. The van der Waals surface area contributed by atoms with Crippen LogP contribution in [0.1, 0.15) is 0 Å². The van der Waals surface area contributed by atoms with Crippen molar-refractivity contribution in [2.75, 3.05) is 71.4 Å². The molecule has 1 aromatic carbocycles.